The van der Waals surface area contributed by atoms with Crippen molar-refractivity contribution in [3.8, 4) is 45.1 Å². The summed E-state index contributed by atoms with van der Waals surface area (Å²) in [5.41, 5.74) is 5.96. The molecule has 2 amide bonds. The van der Waals surface area contributed by atoms with Crippen LogP contribution in [0.3, 0.4) is 0 Å². The minimum absolute atomic E-state index is 0.122. The summed E-state index contributed by atoms with van der Waals surface area (Å²) in [7, 11) is 0. The van der Waals surface area contributed by atoms with Gasteiger partial charge in [-0.05, 0) is 115 Å². The van der Waals surface area contributed by atoms with Gasteiger partial charge in [0.05, 0.1) is 23.5 Å². The summed E-state index contributed by atoms with van der Waals surface area (Å²) >= 11 is 13.7. The Kier molecular flexibility index (Phi) is 7.74. The number of carbonyl (C=O) groups is 2. The first kappa shape index (κ1) is 36.0. The second-order valence-electron chi connectivity index (χ2n) is 18.8. The number of benzene rings is 2. The van der Waals surface area contributed by atoms with Gasteiger partial charge < -0.3 is 28.9 Å². The van der Waals surface area contributed by atoms with Crippen LogP contribution in [0.1, 0.15) is 115 Å². The molecule has 4 aromatic rings. The molecule has 2 atom stereocenters. The molecular formula is C42H46Cl2N6O6. The van der Waals surface area contributed by atoms with Gasteiger partial charge in [0.2, 0.25) is 0 Å². The lowest BCUT2D eigenvalue weighted by molar-refractivity contribution is 0.0202. The van der Waals surface area contributed by atoms with E-state index in [4.69, 9.17) is 52.1 Å². The fraction of sp³-hybridized carbons (Fsp3) is 0.524. The van der Waals surface area contributed by atoms with Gasteiger partial charge in [-0.25, -0.2) is 19.6 Å². The number of aromatic amines is 2. The average Bonchev–Trinajstić information content (AvgIpc) is 3.80. The Bertz CT molecular complexity index is 2120. The molecule has 6 aliphatic rings. The van der Waals surface area contributed by atoms with Crippen LogP contribution in [0.15, 0.2) is 24.3 Å². The van der Waals surface area contributed by atoms with Crippen molar-refractivity contribution in [3.05, 3.63) is 57.3 Å². The fourth-order valence-electron chi connectivity index (χ4n) is 9.11. The Morgan fingerprint density at radius 3 is 1.45 bits per heavy atom. The topological polar surface area (TPSA) is 135 Å². The number of hydrogen-bond acceptors (Lipinski definition) is 8. The third-order valence-electron chi connectivity index (χ3n) is 12.1. The largest absolute Gasteiger partial charge is 0.488 e. The minimum atomic E-state index is -0.600. The summed E-state index contributed by atoms with van der Waals surface area (Å²) in [6.07, 6.45) is 5.33. The van der Waals surface area contributed by atoms with E-state index in [-0.39, 0.29) is 35.1 Å². The molecule has 12 nitrogen and oxygen atoms in total. The van der Waals surface area contributed by atoms with Crippen LogP contribution in [-0.2, 0) is 22.7 Å². The smallest absolute Gasteiger partial charge is 0.410 e. The van der Waals surface area contributed by atoms with Crippen molar-refractivity contribution in [3.63, 3.8) is 0 Å². The van der Waals surface area contributed by atoms with E-state index in [1.807, 2.05) is 63.5 Å². The van der Waals surface area contributed by atoms with Crippen LogP contribution in [0, 0.1) is 10.8 Å². The van der Waals surface area contributed by atoms with Gasteiger partial charge in [-0.1, -0.05) is 23.2 Å². The van der Waals surface area contributed by atoms with E-state index in [0.29, 0.717) is 59.6 Å². The van der Waals surface area contributed by atoms with Gasteiger partial charge in [-0.2, -0.15) is 0 Å². The van der Waals surface area contributed by atoms with E-state index < -0.39 is 11.2 Å². The van der Waals surface area contributed by atoms with Crippen LogP contribution in [0.4, 0.5) is 9.59 Å². The lowest BCUT2D eigenvalue weighted by atomic mass is 9.87. The Morgan fingerprint density at radius 1 is 0.696 bits per heavy atom. The van der Waals surface area contributed by atoms with E-state index >= 15 is 0 Å². The Hall–Kier alpha value is -4.42. The average molecular weight is 802 g/mol. The van der Waals surface area contributed by atoms with Gasteiger partial charge in [0.15, 0.2) is 10.3 Å². The number of halogens is 2. The first-order valence-corrected chi connectivity index (χ1v) is 20.3. The molecule has 2 aromatic carbocycles. The molecule has 10 rings (SSSR count). The molecule has 4 aliphatic heterocycles. The Morgan fingerprint density at radius 2 is 1.09 bits per heavy atom. The second kappa shape index (κ2) is 12.0. The summed E-state index contributed by atoms with van der Waals surface area (Å²) in [6, 6.07) is 7.63. The van der Waals surface area contributed by atoms with Gasteiger partial charge in [-0.3, -0.25) is 9.80 Å². The zero-order valence-corrected chi connectivity index (χ0v) is 34.0. The molecule has 294 valence electrons. The molecule has 14 heteroatoms. The van der Waals surface area contributed by atoms with Gasteiger partial charge in [0, 0.05) is 46.5 Å². The second-order valence-corrected chi connectivity index (χ2v) is 19.5. The van der Waals surface area contributed by atoms with Crippen molar-refractivity contribution in [2.45, 2.75) is 117 Å². The minimum Gasteiger partial charge on any atom is -0.488 e. The summed E-state index contributed by atoms with van der Waals surface area (Å²) in [5, 5.41) is 0.669. The highest BCUT2D eigenvalue weighted by Gasteiger charge is 2.56. The van der Waals surface area contributed by atoms with E-state index in [1.165, 1.54) is 0 Å². The number of hydrogen-bond donors (Lipinski definition) is 2. The van der Waals surface area contributed by atoms with Gasteiger partial charge >= 0.3 is 12.2 Å². The zero-order chi connectivity index (χ0) is 39.1. The molecule has 2 saturated carbocycles. The molecule has 2 spiro atoms. The number of aromatic nitrogens is 4. The van der Waals surface area contributed by atoms with Crippen LogP contribution >= 0.6 is 23.2 Å². The predicted molar refractivity (Wildman–Crippen MR) is 210 cm³/mol. The summed E-state index contributed by atoms with van der Waals surface area (Å²) < 4.78 is 24.5. The molecule has 2 N–H and O–H groups in total. The first-order valence-electron chi connectivity index (χ1n) is 19.6. The monoisotopic (exact) mass is 800 g/mol. The van der Waals surface area contributed by atoms with Crippen molar-refractivity contribution in [2.75, 3.05) is 13.1 Å². The molecule has 4 fully saturated rings. The van der Waals surface area contributed by atoms with Crippen LogP contribution in [0.25, 0.3) is 33.6 Å². The number of H-pyrrole nitrogens is 2. The number of likely N-dealkylation sites (tertiary alicyclic amines) is 2. The summed E-state index contributed by atoms with van der Waals surface area (Å²) in [5.74, 6) is 2.78. The number of carbonyl (C=O) groups excluding carboxylic acids is 2. The standard InChI is InChI=1S/C42H46Cl2N6O6/c1-39(2,3)55-37(51)49-19-41(7-8-41)15-25(49)35-45-31(33(43)47-35)21-11-23-17-54-28-14-22(12-24-18-53-27(13-21)29(23)30(24)28)32-34(44)48-36(46-32)26-16-42(9-10-42)20-50(26)38(52)56-40(4,5)6/h11-14,25-26H,7-10,15-20H2,1-6H3,(H,45,47)(H,46,48)/t25-,26-/m0/s1. The molecular weight excluding hydrogens is 755 g/mol. The fourth-order valence-corrected chi connectivity index (χ4v) is 9.60. The Balaban J connectivity index is 0.941. The molecule has 56 heavy (non-hydrogen) atoms. The quantitative estimate of drug-likeness (QED) is 0.208. The molecule has 0 radical (unpaired) electrons. The highest BCUT2D eigenvalue weighted by Crippen LogP contribution is 2.60. The zero-order valence-electron chi connectivity index (χ0n) is 32.5. The number of nitrogens with one attached hydrogen (secondary N) is 2. The highest BCUT2D eigenvalue weighted by atomic mass is 35.5. The van der Waals surface area contributed by atoms with E-state index in [9.17, 15) is 9.59 Å². The normalized spacial score (nSPS) is 22.2. The molecule has 2 saturated heterocycles. The van der Waals surface area contributed by atoms with E-state index in [0.717, 1.165) is 83.4 Å². The lowest BCUT2D eigenvalue weighted by Gasteiger charge is -2.30. The first-order chi connectivity index (χ1) is 26.5. The van der Waals surface area contributed by atoms with Crippen LogP contribution in [0.5, 0.6) is 11.5 Å². The van der Waals surface area contributed by atoms with E-state index in [2.05, 4.69) is 22.1 Å². The predicted octanol–water partition coefficient (Wildman–Crippen LogP) is 10.1. The molecule has 0 unspecified atom stereocenters. The lowest BCUT2D eigenvalue weighted by Crippen LogP contribution is -2.37. The van der Waals surface area contributed by atoms with Crippen molar-refractivity contribution in [1.82, 2.24) is 29.7 Å². The third kappa shape index (κ3) is 6.18. The molecule has 2 aliphatic carbocycles. The molecule has 0 bridgehead atoms. The van der Waals surface area contributed by atoms with Gasteiger partial charge in [0.25, 0.3) is 0 Å². The summed E-state index contributed by atoms with van der Waals surface area (Å²) in [6.45, 7) is 13.2. The van der Waals surface area contributed by atoms with Gasteiger partial charge in [0.1, 0.15) is 47.6 Å². The van der Waals surface area contributed by atoms with Crippen LogP contribution in [-0.4, -0.2) is 66.2 Å². The Labute approximate surface area is 335 Å². The highest BCUT2D eigenvalue weighted by molar-refractivity contribution is 6.32. The molecule has 6 heterocycles. The number of amides is 2. The number of imidazole rings is 2. The molecule has 2 aromatic heterocycles. The van der Waals surface area contributed by atoms with E-state index in [1.54, 1.807) is 0 Å². The van der Waals surface area contributed by atoms with Crippen molar-refractivity contribution in [1.29, 1.82) is 0 Å². The van der Waals surface area contributed by atoms with Crippen LogP contribution in [0.2, 0.25) is 10.3 Å². The van der Waals surface area contributed by atoms with Crippen LogP contribution < -0.4 is 9.47 Å². The maximum absolute atomic E-state index is 13.3. The number of rotatable bonds is 4. The van der Waals surface area contributed by atoms with Crippen molar-refractivity contribution < 1.29 is 28.5 Å². The maximum Gasteiger partial charge on any atom is 0.410 e. The maximum atomic E-state index is 13.3. The van der Waals surface area contributed by atoms with Crippen molar-refractivity contribution in [2.24, 2.45) is 10.8 Å². The third-order valence-corrected chi connectivity index (χ3v) is 12.7. The summed E-state index contributed by atoms with van der Waals surface area (Å²) in [4.78, 5) is 46.7. The van der Waals surface area contributed by atoms with Gasteiger partial charge in [-0.15, -0.1) is 0 Å². The number of nitrogens with zero attached hydrogens (tertiary/aromatic N) is 4. The number of ether oxygens (including phenoxy) is 4. The SMILES string of the molecule is CC(C)(C)OC(=O)N1CC2(CC2)C[C@H]1c1nc(Cl)c(-c2cc3c4c(c2)OCc2cc(-c5[nH]c([C@@H]6CC7(CC7)CN6C(=O)OC(C)(C)C)nc5Cl)cc(c2-4)OC3)[nH]1. The van der Waals surface area contributed by atoms with Crippen molar-refractivity contribution >= 4 is 35.4 Å².